The van der Waals surface area contributed by atoms with E-state index in [1.807, 2.05) is 0 Å². The Morgan fingerprint density at radius 1 is 2.00 bits per heavy atom. The third-order valence-corrected chi connectivity index (χ3v) is 0.384. The summed E-state index contributed by atoms with van der Waals surface area (Å²) in [4.78, 5) is 14.3. The average molecular weight is 116 g/mol. The lowest BCUT2D eigenvalue weighted by Crippen LogP contribution is -2.11. The molecule has 4 nitrogen and oxygen atoms in total. The second-order valence-corrected chi connectivity index (χ2v) is 1.05. The fourth-order valence-corrected chi connectivity index (χ4v) is 0.164. The van der Waals surface area contributed by atoms with Gasteiger partial charge >= 0.3 is 0 Å². The first kappa shape index (κ1) is 6.94. The van der Waals surface area contributed by atoms with E-state index in [-0.39, 0.29) is 0 Å². The van der Waals surface area contributed by atoms with E-state index in [4.69, 9.17) is 0 Å². The van der Waals surface area contributed by atoms with Crippen LogP contribution < -0.4 is 5.73 Å². The molecule has 0 unspecified atom stereocenters. The van der Waals surface area contributed by atoms with Crippen LogP contribution in [0, 0.1) is 0 Å². The van der Waals surface area contributed by atoms with Crippen LogP contribution in [-0.4, -0.2) is 18.7 Å². The van der Waals surface area contributed by atoms with Crippen molar-refractivity contribution >= 4 is 12.1 Å². The van der Waals surface area contributed by atoms with E-state index < -0.39 is 5.91 Å². The SMILES string of the molecule is CCO/N=C/C(N)=O. The van der Waals surface area contributed by atoms with Gasteiger partial charge in [-0.3, -0.25) is 4.79 Å². The number of hydrogen-bond acceptors (Lipinski definition) is 3. The zero-order chi connectivity index (χ0) is 6.41. The van der Waals surface area contributed by atoms with Crippen molar-refractivity contribution in [1.82, 2.24) is 0 Å². The van der Waals surface area contributed by atoms with Gasteiger partial charge in [-0.25, -0.2) is 0 Å². The van der Waals surface area contributed by atoms with Gasteiger partial charge in [0.25, 0.3) is 5.91 Å². The molecule has 0 aliphatic carbocycles. The summed E-state index contributed by atoms with van der Waals surface area (Å²) >= 11 is 0. The van der Waals surface area contributed by atoms with Crippen LogP contribution in [0.2, 0.25) is 0 Å². The number of hydrogen-bond donors (Lipinski definition) is 1. The van der Waals surface area contributed by atoms with Crippen LogP contribution in [-0.2, 0) is 9.63 Å². The quantitative estimate of drug-likeness (QED) is 0.399. The standard InChI is InChI=1S/C4H8N2O2/c1-2-8-6-3-4(5)7/h3H,2H2,1H3,(H2,5,7)/b6-3+. The van der Waals surface area contributed by atoms with Crippen molar-refractivity contribution in [3.63, 3.8) is 0 Å². The molecule has 0 heterocycles. The molecule has 0 aliphatic heterocycles. The Bertz CT molecular complexity index is 100. The minimum Gasteiger partial charge on any atom is -0.396 e. The van der Waals surface area contributed by atoms with E-state index in [0.29, 0.717) is 6.61 Å². The highest BCUT2D eigenvalue weighted by Gasteiger charge is 1.80. The maximum Gasteiger partial charge on any atom is 0.263 e. The van der Waals surface area contributed by atoms with Crippen molar-refractivity contribution < 1.29 is 9.63 Å². The molecule has 0 aromatic carbocycles. The van der Waals surface area contributed by atoms with Gasteiger partial charge in [0.15, 0.2) is 0 Å². The number of carbonyl (C=O) groups is 1. The maximum absolute atomic E-state index is 9.87. The second kappa shape index (κ2) is 4.11. The van der Waals surface area contributed by atoms with Crippen molar-refractivity contribution in [2.75, 3.05) is 6.61 Å². The fourth-order valence-electron chi connectivity index (χ4n) is 0.164. The van der Waals surface area contributed by atoms with Crippen LogP contribution >= 0.6 is 0 Å². The van der Waals surface area contributed by atoms with Crippen LogP contribution in [0.15, 0.2) is 5.16 Å². The summed E-state index contributed by atoms with van der Waals surface area (Å²) in [7, 11) is 0. The third-order valence-electron chi connectivity index (χ3n) is 0.384. The Morgan fingerprint density at radius 2 is 2.62 bits per heavy atom. The number of rotatable bonds is 3. The number of nitrogens with two attached hydrogens (primary N) is 1. The Hall–Kier alpha value is -1.06. The molecule has 0 saturated heterocycles. The van der Waals surface area contributed by atoms with Crippen LogP contribution in [0.1, 0.15) is 6.92 Å². The molecule has 0 rings (SSSR count). The summed E-state index contributed by atoms with van der Waals surface area (Å²) in [6, 6.07) is 0. The Morgan fingerprint density at radius 3 is 3.00 bits per heavy atom. The Labute approximate surface area is 47.3 Å². The van der Waals surface area contributed by atoms with Gasteiger partial charge in [0, 0.05) is 0 Å². The summed E-state index contributed by atoms with van der Waals surface area (Å²) in [5.41, 5.74) is 4.66. The molecule has 0 saturated carbocycles. The molecule has 0 aromatic heterocycles. The molecule has 0 spiro atoms. The zero-order valence-electron chi connectivity index (χ0n) is 4.63. The Balaban J connectivity index is 3.20. The summed E-state index contributed by atoms with van der Waals surface area (Å²) < 4.78 is 0. The van der Waals surface area contributed by atoms with Crippen LogP contribution in [0.3, 0.4) is 0 Å². The van der Waals surface area contributed by atoms with E-state index in [1.54, 1.807) is 6.92 Å². The van der Waals surface area contributed by atoms with Crippen molar-refractivity contribution in [2.45, 2.75) is 6.92 Å². The van der Waals surface area contributed by atoms with Crippen molar-refractivity contribution in [2.24, 2.45) is 10.9 Å². The highest BCUT2D eigenvalue weighted by molar-refractivity contribution is 6.25. The molecule has 0 bridgehead atoms. The first-order chi connectivity index (χ1) is 3.77. The van der Waals surface area contributed by atoms with Gasteiger partial charge in [-0.1, -0.05) is 5.16 Å². The molecule has 1 amide bonds. The average Bonchev–Trinajstić information content (AvgIpc) is 1.66. The lowest BCUT2D eigenvalue weighted by Gasteiger charge is -1.86. The van der Waals surface area contributed by atoms with Gasteiger partial charge in [-0.2, -0.15) is 0 Å². The zero-order valence-corrected chi connectivity index (χ0v) is 4.63. The van der Waals surface area contributed by atoms with E-state index >= 15 is 0 Å². The van der Waals surface area contributed by atoms with E-state index in [0.717, 1.165) is 6.21 Å². The summed E-state index contributed by atoms with van der Waals surface area (Å²) in [6.45, 7) is 2.21. The third kappa shape index (κ3) is 4.94. The lowest BCUT2D eigenvalue weighted by atomic mass is 10.7. The number of carbonyl (C=O) groups excluding carboxylic acids is 1. The van der Waals surface area contributed by atoms with Gasteiger partial charge in [0.05, 0.1) is 0 Å². The first-order valence-corrected chi connectivity index (χ1v) is 2.22. The number of nitrogens with zero attached hydrogens (tertiary/aromatic N) is 1. The molecule has 46 valence electrons. The molecule has 0 aliphatic rings. The summed E-state index contributed by atoms with van der Waals surface area (Å²) in [5, 5.41) is 3.19. The summed E-state index contributed by atoms with van der Waals surface area (Å²) in [5.74, 6) is -0.599. The molecular weight excluding hydrogens is 108 g/mol. The maximum atomic E-state index is 9.87. The van der Waals surface area contributed by atoms with Crippen LogP contribution in [0.25, 0.3) is 0 Å². The predicted molar refractivity (Wildman–Crippen MR) is 29.3 cm³/mol. The molecule has 0 atom stereocenters. The molecule has 4 heteroatoms. The number of primary amides is 1. The van der Waals surface area contributed by atoms with E-state index in [2.05, 4.69) is 15.7 Å². The predicted octanol–water partition coefficient (Wildman–Crippen LogP) is -0.506. The molecule has 0 fully saturated rings. The normalized spacial score (nSPS) is 9.62. The largest absolute Gasteiger partial charge is 0.396 e. The van der Waals surface area contributed by atoms with Crippen LogP contribution in [0.4, 0.5) is 0 Å². The molecule has 0 aromatic rings. The molecule has 0 radical (unpaired) electrons. The lowest BCUT2D eigenvalue weighted by molar-refractivity contribution is -0.111. The molecule has 8 heavy (non-hydrogen) atoms. The van der Waals surface area contributed by atoms with Crippen molar-refractivity contribution in [3.05, 3.63) is 0 Å². The molecule has 2 N–H and O–H groups in total. The molecular formula is C4H8N2O2. The highest BCUT2D eigenvalue weighted by Crippen LogP contribution is 1.68. The second-order valence-electron chi connectivity index (χ2n) is 1.05. The fraction of sp³-hybridized carbons (Fsp3) is 0.500. The first-order valence-electron chi connectivity index (χ1n) is 2.22. The van der Waals surface area contributed by atoms with E-state index in [1.165, 1.54) is 0 Å². The highest BCUT2D eigenvalue weighted by atomic mass is 16.6. The van der Waals surface area contributed by atoms with Gasteiger partial charge in [0.1, 0.15) is 12.8 Å². The Kier molecular flexibility index (Phi) is 3.56. The summed E-state index contributed by atoms with van der Waals surface area (Å²) in [6.07, 6.45) is 0.920. The van der Waals surface area contributed by atoms with E-state index in [9.17, 15) is 4.79 Å². The number of oxime groups is 1. The van der Waals surface area contributed by atoms with Crippen molar-refractivity contribution in [3.8, 4) is 0 Å². The minimum atomic E-state index is -0.599. The minimum absolute atomic E-state index is 0.448. The van der Waals surface area contributed by atoms with Crippen molar-refractivity contribution in [1.29, 1.82) is 0 Å². The smallest absolute Gasteiger partial charge is 0.263 e. The monoisotopic (exact) mass is 116 g/mol. The van der Waals surface area contributed by atoms with Gasteiger partial charge < -0.3 is 10.6 Å². The van der Waals surface area contributed by atoms with Crippen LogP contribution in [0.5, 0.6) is 0 Å². The van der Waals surface area contributed by atoms with Gasteiger partial charge in [-0.05, 0) is 6.92 Å². The van der Waals surface area contributed by atoms with Gasteiger partial charge in [0.2, 0.25) is 0 Å². The van der Waals surface area contributed by atoms with Gasteiger partial charge in [-0.15, -0.1) is 0 Å². The topological polar surface area (TPSA) is 64.7 Å². The number of amides is 1.